The zero-order valence-electron chi connectivity index (χ0n) is 6.23. The van der Waals surface area contributed by atoms with E-state index in [4.69, 9.17) is 11.5 Å². The molecule has 2 aromatic heterocycles. The highest BCUT2D eigenvalue weighted by Crippen LogP contribution is 2.15. The van der Waals surface area contributed by atoms with Crippen LogP contribution >= 0.6 is 0 Å². The van der Waals surface area contributed by atoms with Gasteiger partial charge in [0, 0.05) is 0 Å². The third-order valence-electron chi connectivity index (χ3n) is 1.55. The molecule has 0 aliphatic carbocycles. The van der Waals surface area contributed by atoms with Gasteiger partial charge in [0.05, 0.1) is 24.4 Å². The number of nitrogens with two attached hydrogens (primary N) is 2. The van der Waals surface area contributed by atoms with E-state index in [1.54, 1.807) is 12.5 Å². The Morgan fingerprint density at radius 3 is 2.67 bits per heavy atom. The predicted molar refractivity (Wildman–Crippen MR) is 44.5 cm³/mol. The van der Waals surface area contributed by atoms with Gasteiger partial charge >= 0.3 is 0 Å². The van der Waals surface area contributed by atoms with Crippen LogP contribution in [0.2, 0.25) is 0 Å². The molecule has 12 heavy (non-hydrogen) atoms. The van der Waals surface area contributed by atoms with Crippen molar-refractivity contribution in [3.05, 3.63) is 18.7 Å². The Morgan fingerprint density at radius 1 is 1.33 bits per heavy atom. The zero-order chi connectivity index (χ0) is 8.55. The second-order valence-corrected chi connectivity index (χ2v) is 2.33. The molecule has 6 heteroatoms. The lowest BCUT2D eigenvalue weighted by Crippen LogP contribution is -2.02. The van der Waals surface area contributed by atoms with E-state index < -0.39 is 0 Å². The number of aromatic nitrogens is 4. The van der Waals surface area contributed by atoms with Crippen molar-refractivity contribution in [3.63, 3.8) is 0 Å². The van der Waals surface area contributed by atoms with Gasteiger partial charge in [-0.3, -0.25) is 0 Å². The normalized spacial score (nSPS) is 10.3. The van der Waals surface area contributed by atoms with Crippen LogP contribution in [0.5, 0.6) is 0 Å². The Balaban J connectivity index is 2.55. The first-order valence-electron chi connectivity index (χ1n) is 3.37. The smallest absolute Gasteiger partial charge is 0.153 e. The van der Waals surface area contributed by atoms with E-state index in [0.717, 1.165) is 0 Å². The molecule has 2 aromatic rings. The molecule has 0 spiro atoms. The van der Waals surface area contributed by atoms with Gasteiger partial charge < -0.3 is 16.5 Å². The van der Waals surface area contributed by atoms with Crippen molar-refractivity contribution in [2.75, 3.05) is 11.5 Å². The summed E-state index contributed by atoms with van der Waals surface area (Å²) in [6, 6.07) is 0. The van der Waals surface area contributed by atoms with E-state index in [0.29, 0.717) is 17.3 Å². The van der Waals surface area contributed by atoms with Crippen molar-refractivity contribution in [3.8, 4) is 5.82 Å². The summed E-state index contributed by atoms with van der Waals surface area (Å²) in [5, 5.41) is 3.95. The molecule has 5 N–H and O–H groups in total. The molecule has 0 aliphatic heterocycles. The van der Waals surface area contributed by atoms with Crippen molar-refractivity contribution in [1.82, 2.24) is 19.7 Å². The van der Waals surface area contributed by atoms with Gasteiger partial charge in [0.25, 0.3) is 0 Å². The third kappa shape index (κ3) is 0.815. The molecule has 0 aromatic carbocycles. The number of imidazole rings is 1. The van der Waals surface area contributed by atoms with E-state index >= 15 is 0 Å². The molecule has 62 valence electrons. The van der Waals surface area contributed by atoms with Gasteiger partial charge in [0.15, 0.2) is 11.6 Å². The van der Waals surface area contributed by atoms with Crippen molar-refractivity contribution < 1.29 is 0 Å². The van der Waals surface area contributed by atoms with E-state index in [1.807, 2.05) is 0 Å². The van der Waals surface area contributed by atoms with Crippen LogP contribution in [0, 0.1) is 0 Å². The summed E-state index contributed by atoms with van der Waals surface area (Å²) < 4.78 is 1.49. The molecule has 0 amide bonds. The maximum Gasteiger partial charge on any atom is 0.153 e. The minimum atomic E-state index is 0.416. The van der Waals surface area contributed by atoms with Crippen LogP contribution in [-0.4, -0.2) is 19.7 Å². The minimum Gasteiger partial charge on any atom is -0.394 e. The van der Waals surface area contributed by atoms with Crippen LogP contribution in [0.1, 0.15) is 0 Å². The Hall–Kier alpha value is -1.98. The fourth-order valence-electron chi connectivity index (χ4n) is 0.927. The highest BCUT2D eigenvalue weighted by molar-refractivity contribution is 5.59. The number of H-pyrrole nitrogens is 1. The lowest BCUT2D eigenvalue weighted by molar-refractivity contribution is 0.865. The molecule has 2 heterocycles. The summed E-state index contributed by atoms with van der Waals surface area (Å²) in [5.74, 6) is 1.11. The maximum atomic E-state index is 5.62. The van der Waals surface area contributed by atoms with Gasteiger partial charge in [-0.15, -0.1) is 0 Å². The molecule has 0 unspecified atom stereocenters. The number of nitrogens with zero attached hydrogens (tertiary/aromatic N) is 3. The van der Waals surface area contributed by atoms with Crippen molar-refractivity contribution in [2.24, 2.45) is 0 Å². The first kappa shape index (κ1) is 6.71. The molecule has 0 fully saturated rings. The Bertz CT molecular complexity index is 373. The van der Waals surface area contributed by atoms with Gasteiger partial charge in [0.1, 0.15) is 0 Å². The van der Waals surface area contributed by atoms with Crippen LogP contribution in [0.15, 0.2) is 18.7 Å². The van der Waals surface area contributed by atoms with Gasteiger partial charge in [-0.2, -0.15) is 9.78 Å². The van der Waals surface area contributed by atoms with Gasteiger partial charge in [-0.1, -0.05) is 0 Å². The van der Waals surface area contributed by atoms with Crippen molar-refractivity contribution in [1.29, 1.82) is 0 Å². The Kier molecular flexibility index (Phi) is 1.26. The van der Waals surface area contributed by atoms with Gasteiger partial charge in [-0.25, -0.2) is 4.98 Å². The number of hydrogen-bond donors (Lipinski definition) is 3. The largest absolute Gasteiger partial charge is 0.394 e. The van der Waals surface area contributed by atoms with E-state index in [2.05, 4.69) is 15.1 Å². The fourth-order valence-corrected chi connectivity index (χ4v) is 0.927. The van der Waals surface area contributed by atoms with Gasteiger partial charge in [0.2, 0.25) is 0 Å². The minimum absolute atomic E-state index is 0.416. The lowest BCUT2D eigenvalue weighted by atomic mass is 10.5. The van der Waals surface area contributed by atoms with Crippen molar-refractivity contribution in [2.45, 2.75) is 0 Å². The number of nitrogens with one attached hydrogen (secondary N) is 1. The van der Waals surface area contributed by atoms with Crippen LogP contribution in [0.3, 0.4) is 0 Å². The first-order valence-corrected chi connectivity index (χ1v) is 3.37. The molecule has 0 atom stereocenters. The molecule has 2 rings (SSSR count). The lowest BCUT2D eigenvalue weighted by Gasteiger charge is -1.98. The summed E-state index contributed by atoms with van der Waals surface area (Å²) in [6.07, 6.45) is 4.66. The number of anilines is 2. The van der Waals surface area contributed by atoms with Crippen LogP contribution in [-0.2, 0) is 0 Å². The maximum absolute atomic E-state index is 5.62. The highest BCUT2D eigenvalue weighted by Gasteiger charge is 2.05. The van der Waals surface area contributed by atoms with Crippen molar-refractivity contribution >= 4 is 11.5 Å². The number of rotatable bonds is 1. The average Bonchev–Trinajstić information content (AvgIpc) is 2.64. The Labute approximate surface area is 68.2 Å². The van der Waals surface area contributed by atoms with E-state index in [1.165, 1.54) is 10.9 Å². The molecule has 0 saturated heterocycles. The predicted octanol–water partition coefficient (Wildman–Crippen LogP) is -0.240. The Morgan fingerprint density at radius 2 is 2.17 bits per heavy atom. The molecule has 0 radical (unpaired) electrons. The molecule has 6 nitrogen and oxygen atoms in total. The standard InChI is InChI=1S/C6H8N6/c7-4-1-11-12(6(4)8)5-2-9-3-10-5/h1-3H,7-8H2,(H,9,10). The summed E-state index contributed by atoms with van der Waals surface area (Å²) in [5.41, 5.74) is 11.6. The first-order chi connectivity index (χ1) is 5.79. The number of nitrogen functional groups attached to an aromatic ring is 2. The zero-order valence-corrected chi connectivity index (χ0v) is 6.23. The molecule has 0 aliphatic rings. The average molecular weight is 164 g/mol. The van der Waals surface area contributed by atoms with E-state index in [9.17, 15) is 0 Å². The quantitative estimate of drug-likeness (QED) is 0.541. The summed E-state index contributed by atoms with van der Waals surface area (Å²) in [7, 11) is 0. The SMILES string of the molecule is Nc1cnn(-c2cnc[nH]2)c1N. The van der Waals surface area contributed by atoms with E-state index in [-0.39, 0.29) is 0 Å². The molecular formula is C6H8N6. The van der Waals surface area contributed by atoms with Crippen LogP contribution in [0.25, 0.3) is 5.82 Å². The molecular weight excluding hydrogens is 156 g/mol. The summed E-state index contributed by atoms with van der Waals surface area (Å²) in [6.45, 7) is 0. The monoisotopic (exact) mass is 164 g/mol. The molecule has 0 saturated carbocycles. The fraction of sp³-hybridized carbons (Fsp3) is 0. The van der Waals surface area contributed by atoms with Crippen LogP contribution < -0.4 is 11.5 Å². The summed E-state index contributed by atoms with van der Waals surface area (Å²) in [4.78, 5) is 6.70. The third-order valence-corrected chi connectivity index (χ3v) is 1.55. The second kappa shape index (κ2) is 2.26. The second-order valence-electron chi connectivity index (χ2n) is 2.33. The summed E-state index contributed by atoms with van der Waals surface area (Å²) >= 11 is 0. The molecule has 0 bridgehead atoms. The topological polar surface area (TPSA) is 98.5 Å². The number of hydrogen-bond acceptors (Lipinski definition) is 4. The van der Waals surface area contributed by atoms with Crippen LogP contribution in [0.4, 0.5) is 11.5 Å². The highest BCUT2D eigenvalue weighted by atomic mass is 15.3. The van der Waals surface area contributed by atoms with Gasteiger partial charge in [-0.05, 0) is 0 Å². The number of aromatic amines is 1.